The van der Waals surface area contributed by atoms with Crippen LogP contribution in [0.1, 0.15) is 15.2 Å². The Morgan fingerprint density at radius 2 is 1.94 bits per heavy atom. The van der Waals surface area contributed by atoms with E-state index in [-0.39, 0.29) is 0 Å². The van der Waals surface area contributed by atoms with E-state index in [4.69, 9.17) is 9.15 Å². The highest BCUT2D eigenvalue weighted by Gasteiger charge is 2.16. The maximum absolute atomic E-state index is 12.1. The van der Waals surface area contributed by atoms with E-state index >= 15 is 0 Å². The Morgan fingerprint density at radius 1 is 1.18 bits per heavy atom. The number of nitriles is 1. The summed E-state index contributed by atoms with van der Waals surface area (Å²) in [6.07, 6.45) is 0.302. The molecular formula is C24H19N3O5S. The van der Waals surface area contributed by atoms with Crippen LogP contribution in [0.15, 0.2) is 69.2 Å². The predicted molar refractivity (Wildman–Crippen MR) is 123 cm³/mol. The largest absolute Gasteiger partial charge is 0.451 e. The maximum Gasteiger partial charge on any atom is 0.419 e. The molecule has 4 aromatic rings. The Bertz CT molecular complexity index is 1390. The van der Waals surface area contributed by atoms with Gasteiger partial charge in [-0.25, -0.2) is 9.59 Å². The van der Waals surface area contributed by atoms with Crippen molar-refractivity contribution in [2.75, 3.05) is 6.61 Å². The van der Waals surface area contributed by atoms with Crippen LogP contribution in [0.25, 0.3) is 22.2 Å². The molecule has 0 unspecified atom stereocenters. The van der Waals surface area contributed by atoms with Gasteiger partial charge in [-0.2, -0.15) is 5.26 Å². The number of oxazole rings is 1. The number of aryl methyl sites for hydroxylation is 1. The molecule has 8 nitrogen and oxygen atoms in total. The molecule has 0 saturated heterocycles. The normalized spacial score (nSPS) is 11.6. The zero-order valence-electron chi connectivity index (χ0n) is 17.6. The Morgan fingerprint density at radius 3 is 2.64 bits per heavy atom. The van der Waals surface area contributed by atoms with Gasteiger partial charge in [0.05, 0.1) is 11.6 Å². The Balaban J connectivity index is 1.36. The fourth-order valence-corrected chi connectivity index (χ4v) is 3.95. The molecule has 0 fully saturated rings. The molecule has 1 atom stereocenters. The quantitative estimate of drug-likeness (QED) is 0.423. The van der Waals surface area contributed by atoms with Crippen LogP contribution in [0.5, 0.6) is 0 Å². The number of benzene rings is 2. The highest BCUT2D eigenvalue weighted by Crippen LogP contribution is 2.24. The molecule has 0 aliphatic carbocycles. The van der Waals surface area contributed by atoms with Crippen molar-refractivity contribution in [2.24, 2.45) is 7.05 Å². The molecule has 0 saturated carbocycles. The third-order valence-electron chi connectivity index (χ3n) is 5.07. The number of nitrogens with zero attached hydrogens (tertiary/aromatic N) is 2. The molecule has 1 N–H and O–H groups in total. The monoisotopic (exact) mass is 461 g/mol. The highest BCUT2D eigenvalue weighted by molar-refractivity contribution is 7.11. The molecule has 9 heteroatoms. The summed E-state index contributed by atoms with van der Waals surface area (Å²) >= 11 is 1.23. The van der Waals surface area contributed by atoms with E-state index in [1.165, 1.54) is 15.9 Å². The summed E-state index contributed by atoms with van der Waals surface area (Å²) < 4.78 is 11.6. The Labute approximate surface area is 192 Å². The maximum atomic E-state index is 12.1. The molecule has 0 bridgehead atoms. The molecule has 0 aliphatic rings. The first-order valence-electron chi connectivity index (χ1n) is 10.0. The van der Waals surface area contributed by atoms with Gasteiger partial charge < -0.3 is 14.5 Å². The van der Waals surface area contributed by atoms with Crippen molar-refractivity contribution in [2.45, 2.75) is 12.5 Å². The number of hydrogen-bond donors (Lipinski definition) is 1. The molecule has 2 heterocycles. The van der Waals surface area contributed by atoms with E-state index < -0.39 is 30.3 Å². The molecule has 1 amide bonds. The van der Waals surface area contributed by atoms with Crippen molar-refractivity contribution in [3.05, 3.63) is 81.0 Å². The lowest BCUT2D eigenvalue weighted by molar-refractivity contribution is -0.124. The molecule has 166 valence electrons. The van der Waals surface area contributed by atoms with Gasteiger partial charge in [-0.15, -0.1) is 11.3 Å². The molecular weight excluding hydrogens is 442 g/mol. The number of hydrogen-bond acceptors (Lipinski definition) is 7. The van der Waals surface area contributed by atoms with Gasteiger partial charge in [0.15, 0.2) is 12.2 Å². The first-order chi connectivity index (χ1) is 15.9. The summed E-state index contributed by atoms with van der Waals surface area (Å²) in [6.45, 7) is -0.452. The zero-order chi connectivity index (χ0) is 23.4. The van der Waals surface area contributed by atoms with E-state index in [0.29, 0.717) is 22.4 Å². The van der Waals surface area contributed by atoms with E-state index in [1.54, 1.807) is 30.6 Å². The second-order valence-corrected chi connectivity index (χ2v) is 8.26. The summed E-state index contributed by atoms with van der Waals surface area (Å²) in [4.78, 5) is 36.0. The van der Waals surface area contributed by atoms with E-state index in [0.717, 1.165) is 16.7 Å². The lowest BCUT2D eigenvalue weighted by atomic mass is 10.0. The summed E-state index contributed by atoms with van der Waals surface area (Å²) in [5, 5.41) is 13.7. The van der Waals surface area contributed by atoms with E-state index in [1.807, 2.05) is 36.4 Å². The van der Waals surface area contributed by atoms with Crippen molar-refractivity contribution in [1.29, 1.82) is 5.26 Å². The number of ether oxygens (including phenoxy) is 1. The number of carbonyl (C=O) groups excluding carboxylic acids is 2. The van der Waals surface area contributed by atoms with Crippen molar-refractivity contribution in [3.63, 3.8) is 0 Å². The minimum atomic E-state index is -0.763. The van der Waals surface area contributed by atoms with Crippen LogP contribution in [0.2, 0.25) is 0 Å². The van der Waals surface area contributed by atoms with Crippen LogP contribution in [0.4, 0.5) is 0 Å². The smallest absolute Gasteiger partial charge is 0.419 e. The molecule has 4 rings (SSSR count). The molecule has 2 aromatic carbocycles. The third kappa shape index (κ3) is 5.02. The average Bonchev–Trinajstić information content (AvgIpc) is 3.46. The topological polar surface area (TPSA) is 114 Å². The van der Waals surface area contributed by atoms with Crippen LogP contribution < -0.4 is 11.1 Å². The van der Waals surface area contributed by atoms with Gasteiger partial charge in [-0.1, -0.05) is 36.4 Å². The van der Waals surface area contributed by atoms with Crippen LogP contribution in [0, 0.1) is 11.3 Å². The minimum Gasteiger partial charge on any atom is -0.451 e. The summed E-state index contributed by atoms with van der Waals surface area (Å²) in [7, 11) is 1.65. The van der Waals surface area contributed by atoms with Gasteiger partial charge in [0.2, 0.25) is 0 Å². The van der Waals surface area contributed by atoms with Crippen LogP contribution in [-0.2, 0) is 23.0 Å². The van der Waals surface area contributed by atoms with Gasteiger partial charge in [0.1, 0.15) is 10.9 Å². The number of rotatable bonds is 7. The number of esters is 1. The van der Waals surface area contributed by atoms with Gasteiger partial charge in [0.25, 0.3) is 5.91 Å². The summed E-state index contributed by atoms with van der Waals surface area (Å²) in [5.74, 6) is -1.52. The standard InChI is InChI=1S/C24H19N3O5S/c1-27-19-12-17(8-9-20(19)32-24(27)30)16-6-4-15(5-7-16)11-18(13-25)26-22(28)14-31-23(29)21-3-2-10-33-21/h2-10,12,18H,11,14H2,1H3,(H,26,28)/t18-/m0/s1. The van der Waals surface area contributed by atoms with Crippen LogP contribution in [0.3, 0.4) is 0 Å². The van der Waals surface area contributed by atoms with Crippen LogP contribution in [-0.4, -0.2) is 29.1 Å². The second kappa shape index (κ2) is 9.54. The molecule has 0 radical (unpaired) electrons. The number of thiophene rings is 1. The average molecular weight is 461 g/mol. The lowest BCUT2D eigenvalue weighted by Gasteiger charge is -2.12. The number of carbonyl (C=O) groups is 2. The summed E-state index contributed by atoms with van der Waals surface area (Å²) in [5.41, 5.74) is 3.94. The number of nitrogens with one attached hydrogen (secondary N) is 1. The van der Waals surface area contributed by atoms with Gasteiger partial charge in [-0.3, -0.25) is 9.36 Å². The van der Waals surface area contributed by atoms with Gasteiger partial charge in [0, 0.05) is 13.5 Å². The molecule has 0 spiro atoms. The van der Waals surface area contributed by atoms with E-state index in [9.17, 15) is 19.6 Å². The van der Waals surface area contributed by atoms with Crippen molar-refractivity contribution < 1.29 is 18.7 Å². The van der Waals surface area contributed by atoms with Crippen molar-refractivity contribution in [1.82, 2.24) is 9.88 Å². The number of aromatic nitrogens is 1. The molecule has 0 aliphatic heterocycles. The fourth-order valence-electron chi connectivity index (χ4n) is 3.34. The lowest BCUT2D eigenvalue weighted by Crippen LogP contribution is -2.38. The second-order valence-electron chi connectivity index (χ2n) is 7.31. The van der Waals surface area contributed by atoms with Crippen LogP contribution >= 0.6 is 11.3 Å². The zero-order valence-corrected chi connectivity index (χ0v) is 18.4. The first kappa shape index (κ1) is 22.0. The Kier molecular flexibility index (Phi) is 6.38. The Hall–Kier alpha value is -4.16. The third-order valence-corrected chi connectivity index (χ3v) is 5.92. The predicted octanol–water partition coefficient (Wildman–Crippen LogP) is 3.27. The molecule has 33 heavy (non-hydrogen) atoms. The number of fused-ring (bicyclic) bond motifs is 1. The summed E-state index contributed by atoms with van der Waals surface area (Å²) in [6, 6.07) is 17.7. The fraction of sp³-hybridized carbons (Fsp3) is 0.167. The van der Waals surface area contributed by atoms with Gasteiger partial charge in [-0.05, 0) is 40.3 Å². The SMILES string of the molecule is Cn1c(=O)oc2ccc(-c3ccc(C[C@@H](C#N)NC(=O)COC(=O)c4cccs4)cc3)cc21. The molecule has 2 aromatic heterocycles. The number of amides is 1. The first-order valence-corrected chi connectivity index (χ1v) is 10.9. The van der Waals surface area contributed by atoms with Gasteiger partial charge >= 0.3 is 11.7 Å². The minimum absolute atomic E-state index is 0.302. The van der Waals surface area contributed by atoms with E-state index in [2.05, 4.69) is 11.4 Å². The van der Waals surface area contributed by atoms with Crippen molar-refractivity contribution in [3.8, 4) is 17.2 Å². The highest BCUT2D eigenvalue weighted by atomic mass is 32.1. The van der Waals surface area contributed by atoms with Crippen molar-refractivity contribution >= 4 is 34.3 Å².